The first kappa shape index (κ1) is 13.0. The third-order valence-electron chi connectivity index (χ3n) is 1.27. The van der Waals surface area contributed by atoms with E-state index >= 15 is 0 Å². The van der Waals surface area contributed by atoms with E-state index in [9.17, 15) is 17.3 Å². The number of aryl methyl sites for hydroxylation is 2. The fourth-order valence-corrected chi connectivity index (χ4v) is 0.868. The molecule has 0 atom stereocenters. The average Bonchev–Trinajstić information content (AvgIpc) is 2.32. The molecular formula is C7H12BF4N2-. The molecular weight excluding hydrogens is 199 g/mol. The molecule has 1 N–H and O–H groups in total. The molecule has 1 aromatic rings. The van der Waals surface area contributed by atoms with Gasteiger partial charge in [-0.2, -0.15) is 0 Å². The molecule has 0 amide bonds. The van der Waals surface area contributed by atoms with Gasteiger partial charge in [0.2, 0.25) is 0 Å². The fourth-order valence-electron chi connectivity index (χ4n) is 0.868. The van der Waals surface area contributed by atoms with Gasteiger partial charge in [0.1, 0.15) is 5.82 Å². The van der Waals surface area contributed by atoms with Crippen LogP contribution in [0.1, 0.15) is 24.9 Å². The van der Waals surface area contributed by atoms with Crippen molar-refractivity contribution in [2.45, 2.75) is 26.7 Å². The Morgan fingerprint density at radius 2 is 1.86 bits per heavy atom. The van der Waals surface area contributed by atoms with Crippen LogP contribution in [0.15, 0.2) is 6.20 Å². The Hall–Kier alpha value is -1.01. The van der Waals surface area contributed by atoms with Gasteiger partial charge in [-0.15, -0.1) is 0 Å². The first-order valence-electron chi connectivity index (χ1n) is 4.20. The Bertz CT molecular complexity index is 252. The Labute approximate surface area is 79.8 Å². The summed E-state index contributed by atoms with van der Waals surface area (Å²) in [6.45, 7) is 4.13. The highest BCUT2D eigenvalue weighted by Crippen LogP contribution is 2.06. The van der Waals surface area contributed by atoms with E-state index in [4.69, 9.17) is 0 Å². The van der Waals surface area contributed by atoms with Crippen LogP contribution in [0.2, 0.25) is 0 Å². The molecule has 1 rings (SSSR count). The number of imidazole rings is 1. The summed E-state index contributed by atoms with van der Waals surface area (Å²) in [5, 5.41) is 0. The van der Waals surface area contributed by atoms with Crippen molar-refractivity contribution >= 4 is 7.25 Å². The number of hydrogen-bond acceptors (Lipinski definition) is 1. The van der Waals surface area contributed by atoms with Crippen LogP contribution in [0.25, 0.3) is 0 Å². The van der Waals surface area contributed by atoms with Crippen molar-refractivity contribution in [3.05, 3.63) is 17.7 Å². The smallest absolute Gasteiger partial charge is 0.418 e. The van der Waals surface area contributed by atoms with Crippen LogP contribution in [0.3, 0.4) is 0 Å². The standard InChI is InChI=1S/C7H12N2.BF4/c1-3-4-7-5-8-6(2)9-7;2-1(3,4)5/h5H,3-4H2,1-2H3,(H,8,9);/q;-1. The summed E-state index contributed by atoms with van der Waals surface area (Å²) in [5.41, 5.74) is 1.25. The van der Waals surface area contributed by atoms with E-state index in [-0.39, 0.29) is 0 Å². The first-order valence-corrected chi connectivity index (χ1v) is 4.20. The number of halogens is 4. The predicted molar refractivity (Wildman–Crippen MR) is 47.5 cm³/mol. The molecule has 0 aromatic carbocycles. The molecule has 0 radical (unpaired) electrons. The highest BCUT2D eigenvalue weighted by atomic mass is 19.5. The van der Waals surface area contributed by atoms with Crippen LogP contribution in [-0.4, -0.2) is 17.2 Å². The molecule has 7 heteroatoms. The van der Waals surface area contributed by atoms with E-state index in [1.54, 1.807) is 0 Å². The minimum Gasteiger partial charge on any atom is -0.418 e. The molecule has 82 valence electrons. The highest BCUT2D eigenvalue weighted by molar-refractivity contribution is 6.50. The second kappa shape index (κ2) is 5.67. The van der Waals surface area contributed by atoms with E-state index in [2.05, 4.69) is 16.9 Å². The molecule has 0 aliphatic rings. The number of aromatic amines is 1. The van der Waals surface area contributed by atoms with Crippen LogP contribution in [-0.2, 0) is 6.42 Å². The Morgan fingerprint density at radius 1 is 1.36 bits per heavy atom. The van der Waals surface area contributed by atoms with Gasteiger partial charge in [0.15, 0.2) is 0 Å². The van der Waals surface area contributed by atoms with Gasteiger partial charge in [-0.25, -0.2) is 4.98 Å². The Kier molecular flexibility index (Phi) is 5.26. The lowest BCUT2D eigenvalue weighted by Crippen LogP contribution is -2.02. The van der Waals surface area contributed by atoms with Crippen LogP contribution < -0.4 is 0 Å². The maximum atomic E-state index is 9.75. The van der Waals surface area contributed by atoms with Crippen molar-refractivity contribution in [2.75, 3.05) is 0 Å². The zero-order valence-corrected chi connectivity index (χ0v) is 8.03. The zero-order valence-electron chi connectivity index (χ0n) is 8.03. The molecule has 0 aliphatic heterocycles. The van der Waals surface area contributed by atoms with Gasteiger partial charge in [0, 0.05) is 11.9 Å². The highest BCUT2D eigenvalue weighted by Gasteiger charge is 2.20. The molecule has 0 fully saturated rings. The minimum absolute atomic E-state index is 1.01. The lowest BCUT2D eigenvalue weighted by Gasteiger charge is -1.94. The summed E-state index contributed by atoms with van der Waals surface area (Å²) < 4.78 is 39.0. The third-order valence-corrected chi connectivity index (χ3v) is 1.27. The summed E-state index contributed by atoms with van der Waals surface area (Å²) >= 11 is 0. The van der Waals surface area contributed by atoms with Gasteiger partial charge >= 0.3 is 7.25 Å². The van der Waals surface area contributed by atoms with E-state index in [0.717, 1.165) is 12.2 Å². The summed E-state index contributed by atoms with van der Waals surface area (Å²) in [6, 6.07) is 0. The third kappa shape index (κ3) is 9.09. The maximum Gasteiger partial charge on any atom is 0.673 e. The quantitative estimate of drug-likeness (QED) is 0.591. The van der Waals surface area contributed by atoms with Crippen molar-refractivity contribution in [3.63, 3.8) is 0 Å². The molecule has 14 heavy (non-hydrogen) atoms. The van der Waals surface area contributed by atoms with Crippen LogP contribution in [0, 0.1) is 6.92 Å². The van der Waals surface area contributed by atoms with Crippen LogP contribution >= 0.6 is 0 Å². The SMILES string of the molecule is CCCc1cnc(C)[nH]1.F[B-](F)(F)F. The van der Waals surface area contributed by atoms with Crippen molar-refractivity contribution in [2.24, 2.45) is 0 Å². The largest absolute Gasteiger partial charge is 0.673 e. The van der Waals surface area contributed by atoms with Crippen LogP contribution in [0.5, 0.6) is 0 Å². The average molecular weight is 211 g/mol. The lowest BCUT2D eigenvalue weighted by molar-refractivity contribution is 0.368. The molecule has 0 bridgehead atoms. The molecule has 0 saturated carbocycles. The minimum atomic E-state index is -6.00. The number of nitrogens with one attached hydrogen (secondary N) is 1. The van der Waals surface area contributed by atoms with Crippen molar-refractivity contribution in [1.82, 2.24) is 9.97 Å². The molecule has 2 nitrogen and oxygen atoms in total. The molecule has 1 heterocycles. The second-order valence-corrected chi connectivity index (χ2v) is 2.74. The summed E-state index contributed by atoms with van der Waals surface area (Å²) in [7, 11) is -6.00. The van der Waals surface area contributed by atoms with E-state index in [1.807, 2.05) is 13.1 Å². The van der Waals surface area contributed by atoms with Gasteiger partial charge in [-0.05, 0) is 13.3 Å². The predicted octanol–water partition coefficient (Wildman–Crippen LogP) is 2.97. The Balaban J connectivity index is 0.000000292. The molecule has 0 spiro atoms. The molecule has 0 saturated heterocycles. The fraction of sp³-hybridized carbons (Fsp3) is 0.571. The molecule has 0 unspecified atom stereocenters. The molecule has 0 aliphatic carbocycles. The van der Waals surface area contributed by atoms with E-state index in [0.29, 0.717) is 0 Å². The topological polar surface area (TPSA) is 28.7 Å². The lowest BCUT2D eigenvalue weighted by atomic mass is 10.3. The number of hydrogen-bond donors (Lipinski definition) is 1. The van der Waals surface area contributed by atoms with Gasteiger partial charge in [0.25, 0.3) is 0 Å². The molecule has 1 aromatic heterocycles. The van der Waals surface area contributed by atoms with Crippen molar-refractivity contribution < 1.29 is 17.3 Å². The van der Waals surface area contributed by atoms with E-state index < -0.39 is 7.25 Å². The van der Waals surface area contributed by atoms with Gasteiger partial charge in [0.05, 0.1) is 0 Å². The zero-order chi connectivity index (χ0) is 11.2. The van der Waals surface area contributed by atoms with Crippen molar-refractivity contribution in [3.8, 4) is 0 Å². The summed E-state index contributed by atoms with van der Waals surface area (Å²) in [6.07, 6.45) is 4.20. The van der Waals surface area contributed by atoms with Gasteiger partial charge in [-0.3, -0.25) is 0 Å². The van der Waals surface area contributed by atoms with Crippen LogP contribution in [0.4, 0.5) is 17.3 Å². The van der Waals surface area contributed by atoms with Crippen molar-refractivity contribution in [1.29, 1.82) is 0 Å². The number of aromatic nitrogens is 2. The maximum absolute atomic E-state index is 9.75. The first-order chi connectivity index (χ1) is 6.33. The monoisotopic (exact) mass is 211 g/mol. The number of nitrogens with zero attached hydrogens (tertiary/aromatic N) is 1. The summed E-state index contributed by atoms with van der Waals surface area (Å²) in [4.78, 5) is 7.25. The normalized spacial score (nSPS) is 10.7. The Morgan fingerprint density at radius 3 is 2.14 bits per heavy atom. The second-order valence-electron chi connectivity index (χ2n) is 2.74. The number of H-pyrrole nitrogens is 1. The van der Waals surface area contributed by atoms with E-state index in [1.165, 1.54) is 12.1 Å². The van der Waals surface area contributed by atoms with Gasteiger partial charge < -0.3 is 22.2 Å². The number of rotatable bonds is 2. The summed E-state index contributed by atoms with van der Waals surface area (Å²) in [5.74, 6) is 1.01. The van der Waals surface area contributed by atoms with Gasteiger partial charge in [-0.1, -0.05) is 13.3 Å².